The summed E-state index contributed by atoms with van der Waals surface area (Å²) >= 11 is 6.63. The molecule has 42 valence electrons. The van der Waals surface area contributed by atoms with Crippen molar-refractivity contribution in [2.75, 3.05) is 0 Å². The summed E-state index contributed by atoms with van der Waals surface area (Å²) in [6.45, 7) is 2.13. The first kappa shape index (κ1) is 6.05. The zero-order valence-electron chi connectivity index (χ0n) is 3.90. The summed E-state index contributed by atoms with van der Waals surface area (Å²) in [6, 6.07) is 0. The quantitative estimate of drug-likeness (QED) is 0.579. The summed E-state index contributed by atoms with van der Waals surface area (Å²) in [5.74, 6) is 0.611. The van der Waals surface area contributed by atoms with Crippen molar-refractivity contribution in [2.24, 2.45) is 5.92 Å². The molecule has 1 aliphatic rings. The van der Waals surface area contributed by atoms with Crippen LogP contribution in [0.1, 0.15) is 6.92 Å². The maximum absolute atomic E-state index is 5.08. The summed E-state index contributed by atoms with van der Waals surface area (Å²) in [5, 5.41) is 0.550. The Morgan fingerprint density at radius 2 is 1.71 bits per heavy atom. The van der Waals surface area contributed by atoms with Gasteiger partial charge < -0.3 is 4.74 Å². The fourth-order valence-electron chi connectivity index (χ4n) is 0.401. The molecule has 0 amide bonds. The second-order valence-corrected chi connectivity index (χ2v) is 3.50. The van der Waals surface area contributed by atoms with Crippen molar-refractivity contribution >= 4 is 31.9 Å². The molecule has 1 rings (SSSR count). The summed E-state index contributed by atoms with van der Waals surface area (Å²) in [7, 11) is 0. The van der Waals surface area contributed by atoms with Crippen molar-refractivity contribution in [3.63, 3.8) is 0 Å². The van der Waals surface area contributed by atoms with Crippen LogP contribution in [0, 0.1) is 5.92 Å². The molecule has 1 saturated heterocycles. The van der Waals surface area contributed by atoms with Gasteiger partial charge in [0.05, 0.1) is 0 Å². The number of alkyl halides is 2. The van der Waals surface area contributed by atoms with E-state index >= 15 is 0 Å². The van der Waals surface area contributed by atoms with E-state index in [1.807, 2.05) is 0 Å². The highest BCUT2D eigenvalue weighted by molar-refractivity contribution is 9.10. The minimum absolute atomic E-state index is 0.275. The summed E-state index contributed by atoms with van der Waals surface area (Å²) in [4.78, 5) is 0. The maximum Gasteiger partial charge on any atom is 0.119 e. The molecule has 0 radical (unpaired) electrons. The Balaban J connectivity index is 2.29. The molecule has 2 atom stereocenters. The molecule has 3 heteroatoms. The minimum atomic E-state index is 0.275. The highest BCUT2D eigenvalue weighted by Gasteiger charge is 2.34. The molecule has 2 unspecified atom stereocenters. The number of halogens is 2. The van der Waals surface area contributed by atoms with E-state index in [1.54, 1.807) is 0 Å². The Hall–Kier alpha value is 0.920. The monoisotopic (exact) mass is 228 g/mol. The number of rotatable bonds is 0. The number of hydrogen-bond donors (Lipinski definition) is 0. The molecule has 0 saturated carbocycles. The van der Waals surface area contributed by atoms with Gasteiger partial charge in [0.15, 0.2) is 0 Å². The first-order valence-corrected chi connectivity index (χ1v) is 3.98. The molecule has 1 fully saturated rings. The van der Waals surface area contributed by atoms with Gasteiger partial charge in [-0.15, -0.1) is 0 Å². The smallest absolute Gasteiger partial charge is 0.119 e. The van der Waals surface area contributed by atoms with Gasteiger partial charge in [-0.05, 0) is 0 Å². The van der Waals surface area contributed by atoms with Crippen molar-refractivity contribution in [2.45, 2.75) is 17.0 Å². The Kier molecular flexibility index (Phi) is 1.76. The normalized spacial score (nSPS) is 51.0. The van der Waals surface area contributed by atoms with Crippen molar-refractivity contribution < 1.29 is 4.74 Å². The predicted octanol–water partition coefficient (Wildman–Crippen LogP) is 2.09. The van der Waals surface area contributed by atoms with Crippen LogP contribution in [0.2, 0.25) is 0 Å². The van der Waals surface area contributed by atoms with Gasteiger partial charge in [0.25, 0.3) is 0 Å². The third-order valence-electron chi connectivity index (χ3n) is 1.09. The van der Waals surface area contributed by atoms with Crippen LogP contribution >= 0.6 is 31.9 Å². The topological polar surface area (TPSA) is 9.23 Å². The zero-order valence-corrected chi connectivity index (χ0v) is 7.07. The maximum atomic E-state index is 5.08. The van der Waals surface area contributed by atoms with Crippen LogP contribution in [0.3, 0.4) is 0 Å². The number of ether oxygens (including phenoxy) is 1. The van der Waals surface area contributed by atoms with Crippen molar-refractivity contribution in [3.05, 3.63) is 0 Å². The van der Waals surface area contributed by atoms with Gasteiger partial charge >= 0.3 is 0 Å². The molecular formula is C4H6Br2O. The lowest BCUT2D eigenvalue weighted by atomic mass is 10.1. The van der Waals surface area contributed by atoms with E-state index in [9.17, 15) is 0 Å². The average Bonchev–Trinajstić information content (AvgIpc) is 1.68. The van der Waals surface area contributed by atoms with E-state index in [-0.39, 0.29) is 10.0 Å². The van der Waals surface area contributed by atoms with E-state index < -0.39 is 0 Å². The third-order valence-corrected chi connectivity index (χ3v) is 3.19. The van der Waals surface area contributed by atoms with Gasteiger partial charge in [-0.2, -0.15) is 0 Å². The first-order chi connectivity index (χ1) is 3.22. The summed E-state index contributed by atoms with van der Waals surface area (Å²) in [6.07, 6.45) is 0. The predicted molar refractivity (Wildman–Crippen MR) is 35.7 cm³/mol. The van der Waals surface area contributed by atoms with Crippen molar-refractivity contribution in [1.29, 1.82) is 0 Å². The average molecular weight is 230 g/mol. The molecule has 0 aliphatic carbocycles. The molecular weight excluding hydrogens is 224 g/mol. The van der Waals surface area contributed by atoms with Crippen LogP contribution in [0.25, 0.3) is 0 Å². The molecule has 0 aromatic rings. The number of hydrogen-bond acceptors (Lipinski definition) is 1. The van der Waals surface area contributed by atoms with Gasteiger partial charge in [0.1, 0.15) is 10.0 Å². The molecule has 0 aromatic heterocycles. The Labute approximate surface area is 59.7 Å². The van der Waals surface area contributed by atoms with E-state index in [4.69, 9.17) is 4.74 Å². The molecule has 0 aromatic carbocycles. The first-order valence-electron chi connectivity index (χ1n) is 2.15. The van der Waals surface area contributed by atoms with Crippen LogP contribution in [0.15, 0.2) is 0 Å². The van der Waals surface area contributed by atoms with Gasteiger partial charge in [0.2, 0.25) is 0 Å². The Morgan fingerprint density at radius 3 is 1.71 bits per heavy atom. The fourth-order valence-corrected chi connectivity index (χ4v) is 2.12. The fraction of sp³-hybridized carbons (Fsp3) is 1.00. The minimum Gasteiger partial charge on any atom is -0.352 e. The highest BCUT2D eigenvalue weighted by Crippen LogP contribution is 2.35. The standard InChI is InChI=1S/C4H6Br2O/c1-2-3(5)7-4(2)6/h2-4H,1H3. The summed E-state index contributed by atoms with van der Waals surface area (Å²) in [5.41, 5.74) is 0. The highest BCUT2D eigenvalue weighted by atomic mass is 79.9. The van der Waals surface area contributed by atoms with E-state index in [0.29, 0.717) is 5.92 Å². The van der Waals surface area contributed by atoms with Gasteiger partial charge in [-0.3, -0.25) is 0 Å². The molecule has 0 spiro atoms. The van der Waals surface area contributed by atoms with Gasteiger partial charge in [-0.25, -0.2) is 0 Å². The SMILES string of the molecule is CC1C(Br)OC1Br. The molecule has 1 nitrogen and oxygen atoms in total. The zero-order chi connectivity index (χ0) is 5.44. The Bertz CT molecular complexity index is 68.1. The van der Waals surface area contributed by atoms with Crippen LogP contribution in [0.5, 0.6) is 0 Å². The molecule has 7 heavy (non-hydrogen) atoms. The largest absolute Gasteiger partial charge is 0.352 e. The van der Waals surface area contributed by atoms with Gasteiger partial charge in [-0.1, -0.05) is 38.8 Å². The van der Waals surface area contributed by atoms with Crippen LogP contribution in [-0.2, 0) is 4.74 Å². The van der Waals surface area contributed by atoms with Crippen LogP contribution in [-0.4, -0.2) is 10.0 Å². The van der Waals surface area contributed by atoms with E-state index in [1.165, 1.54) is 0 Å². The lowest BCUT2D eigenvalue weighted by molar-refractivity contribution is -0.0649. The van der Waals surface area contributed by atoms with Crippen molar-refractivity contribution in [3.8, 4) is 0 Å². The van der Waals surface area contributed by atoms with Gasteiger partial charge in [0, 0.05) is 5.92 Å². The molecule has 1 heterocycles. The summed E-state index contributed by atoms with van der Waals surface area (Å²) < 4.78 is 5.08. The Morgan fingerprint density at radius 1 is 1.29 bits per heavy atom. The molecule has 0 bridgehead atoms. The lowest BCUT2D eigenvalue weighted by Crippen LogP contribution is -2.38. The molecule has 1 aliphatic heterocycles. The van der Waals surface area contributed by atoms with Crippen molar-refractivity contribution in [1.82, 2.24) is 0 Å². The second-order valence-electron chi connectivity index (χ2n) is 1.70. The van der Waals surface area contributed by atoms with Crippen LogP contribution < -0.4 is 0 Å². The van der Waals surface area contributed by atoms with E-state index in [0.717, 1.165) is 0 Å². The second kappa shape index (κ2) is 2.03. The molecule has 0 N–H and O–H groups in total. The van der Waals surface area contributed by atoms with Crippen LogP contribution in [0.4, 0.5) is 0 Å². The lowest BCUT2D eigenvalue weighted by Gasteiger charge is -2.35. The third kappa shape index (κ3) is 1.00. The van der Waals surface area contributed by atoms with E-state index in [2.05, 4.69) is 38.8 Å².